The summed E-state index contributed by atoms with van der Waals surface area (Å²) in [5, 5.41) is 2.71. The van der Waals surface area contributed by atoms with Crippen LogP contribution in [0.15, 0.2) is 47.5 Å². The van der Waals surface area contributed by atoms with Crippen LogP contribution < -0.4 is 15.6 Å². The molecule has 1 aromatic heterocycles. The molecule has 6 nitrogen and oxygen atoms in total. The summed E-state index contributed by atoms with van der Waals surface area (Å²) in [4.78, 5) is 27.6. The summed E-state index contributed by atoms with van der Waals surface area (Å²) in [6, 6.07) is 10.6. The van der Waals surface area contributed by atoms with Crippen LogP contribution in [0.25, 0.3) is 0 Å². The highest BCUT2D eigenvalue weighted by Gasteiger charge is 2.03. The third-order valence-electron chi connectivity index (χ3n) is 3.09. The van der Waals surface area contributed by atoms with Gasteiger partial charge >= 0.3 is 0 Å². The Morgan fingerprint density at radius 2 is 2.09 bits per heavy atom. The van der Waals surface area contributed by atoms with Crippen molar-refractivity contribution in [1.29, 1.82) is 0 Å². The van der Waals surface area contributed by atoms with Gasteiger partial charge in [0.2, 0.25) is 0 Å². The molecular weight excluding hydrogens is 282 g/mol. The van der Waals surface area contributed by atoms with Crippen LogP contribution in [0.1, 0.15) is 12.6 Å². The topological polar surface area (TPSA) is 73.2 Å². The van der Waals surface area contributed by atoms with Crippen molar-refractivity contribution in [2.24, 2.45) is 0 Å². The number of nitrogens with one attached hydrogen (secondary N) is 1. The van der Waals surface area contributed by atoms with Crippen molar-refractivity contribution in [3.63, 3.8) is 0 Å². The van der Waals surface area contributed by atoms with Crippen molar-refractivity contribution in [3.05, 3.63) is 58.8 Å². The highest BCUT2D eigenvalue weighted by Crippen LogP contribution is 2.07. The molecule has 1 aromatic carbocycles. The molecule has 0 aliphatic carbocycles. The first-order chi connectivity index (χ1) is 10.7. The van der Waals surface area contributed by atoms with E-state index in [1.807, 2.05) is 25.1 Å². The van der Waals surface area contributed by atoms with E-state index in [4.69, 9.17) is 4.74 Å². The van der Waals surface area contributed by atoms with Gasteiger partial charge in [-0.1, -0.05) is 25.1 Å². The van der Waals surface area contributed by atoms with E-state index in [1.54, 1.807) is 12.1 Å². The van der Waals surface area contributed by atoms with Gasteiger partial charge in [0.25, 0.3) is 11.5 Å². The Morgan fingerprint density at radius 3 is 2.77 bits per heavy atom. The fraction of sp³-hybridized carbons (Fsp3) is 0.312. The molecule has 116 valence electrons. The Kier molecular flexibility index (Phi) is 5.71. The van der Waals surface area contributed by atoms with E-state index in [-0.39, 0.29) is 18.1 Å². The average molecular weight is 301 g/mol. The van der Waals surface area contributed by atoms with Crippen molar-refractivity contribution in [1.82, 2.24) is 14.9 Å². The molecule has 0 saturated carbocycles. The number of carbonyl (C=O) groups is 1. The lowest BCUT2D eigenvalue weighted by molar-refractivity contribution is -0.123. The lowest BCUT2D eigenvalue weighted by atomic mass is 10.3. The van der Waals surface area contributed by atoms with Crippen molar-refractivity contribution in [2.75, 3.05) is 13.2 Å². The van der Waals surface area contributed by atoms with Gasteiger partial charge in [0.05, 0.1) is 6.33 Å². The van der Waals surface area contributed by atoms with Gasteiger partial charge < -0.3 is 10.1 Å². The summed E-state index contributed by atoms with van der Waals surface area (Å²) in [6.07, 6.45) is 2.23. The van der Waals surface area contributed by atoms with Crippen LogP contribution in [0.2, 0.25) is 0 Å². The molecule has 0 aliphatic heterocycles. The summed E-state index contributed by atoms with van der Waals surface area (Å²) < 4.78 is 6.80. The first-order valence-electron chi connectivity index (χ1n) is 7.19. The Morgan fingerprint density at radius 1 is 1.32 bits per heavy atom. The van der Waals surface area contributed by atoms with Crippen LogP contribution >= 0.6 is 0 Å². The SMILES string of the molecule is CCc1cc(=O)n(CCNC(=O)COc2ccccc2)cn1. The molecule has 0 aliphatic rings. The smallest absolute Gasteiger partial charge is 0.258 e. The monoisotopic (exact) mass is 301 g/mol. The fourth-order valence-corrected chi connectivity index (χ4v) is 1.86. The molecule has 0 fully saturated rings. The molecule has 22 heavy (non-hydrogen) atoms. The van der Waals surface area contributed by atoms with Crippen molar-refractivity contribution in [2.45, 2.75) is 19.9 Å². The highest BCUT2D eigenvalue weighted by molar-refractivity contribution is 5.77. The summed E-state index contributed by atoms with van der Waals surface area (Å²) in [5.41, 5.74) is 0.656. The molecule has 0 radical (unpaired) electrons. The van der Waals surface area contributed by atoms with Crippen LogP contribution in [0, 0.1) is 0 Å². The maximum Gasteiger partial charge on any atom is 0.258 e. The highest BCUT2D eigenvalue weighted by atomic mass is 16.5. The molecule has 2 aromatic rings. The second kappa shape index (κ2) is 7.97. The van der Waals surface area contributed by atoms with Crippen LogP contribution in [-0.4, -0.2) is 28.6 Å². The molecule has 6 heteroatoms. The normalized spacial score (nSPS) is 10.2. The van der Waals surface area contributed by atoms with Gasteiger partial charge in [-0.15, -0.1) is 0 Å². The zero-order valence-corrected chi connectivity index (χ0v) is 12.5. The first kappa shape index (κ1) is 15.8. The standard InChI is InChI=1S/C16H19N3O3/c1-2-13-10-16(21)19(12-18-13)9-8-17-15(20)11-22-14-6-4-3-5-7-14/h3-7,10,12H,2,8-9,11H2,1H3,(H,17,20). The summed E-state index contributed by atoms with van der Waals surface area (Å²) in [6.45, 7) is 2.63. The third-order valence-corrected chi connectivity index (χ3v) is 3.09. The zero-order chi connectivity index (χ0) is 15.8. The summed E-state index contributed by atoms with van der Waals surface area (Å²) >= 11 is 0. The van der Waals surface area contributed by atoms with E-state index in [0.29, 0.717) is 18.8 Å². The van der Waals surface area contributed by atoms with Gasteiger partial charge in [0.15, 0.2) is 6.61 Å². The average Bonchev–Trinajstić information content (AvgIpc) is 2.55. The fourth-order valence-electron chi connectivity index (χ4n) is 1.86. The number of rotatable bonds is 7. The number of carbonyl (C=O) groups excluding carboxylic acids is 1. The number of amides is 1. The predicted molar refractivity (Wildman–Crippen MR) is 82.8 cm³/mol. The number of ether oxygens (including phenoxy) is 1. The van der Waals surface area contributed by atoms with E-state index < -0.39 is 0 Å². The molecule has 1 heterocycles. The molecule has 1 N–H and O–H groups in total. The van der Waals surface area contributed by atoms with E-state index in [2.05, 4.69) is 10.3 Å². The van der Waals surface area contributed by atoms with Crippen molar-refractivity contribution in [3.8, 4) is 5.75 Å². The Bertz CT molecular complexity index is 668. The second-order valence-electron chi connectivity index (χ2n) is 4.72. The number of aryl methyl sites for hydroxylation is 1. The minimum absolute atomic E-state index is 0.0497. The van der Waals surface area contributed by atoms with Gasteiger partial charge in [-0.05, 0) is 18.6 Å². The van der Waals surface area contributed by atoms with E-state index >= 15 is 0 Å². The maximum atomic E-state index is 11.8. The summed E-state index contributed by atoms with van der Waals surface area (Å²) in [7, 11) is 0. The molecular formula is C16H19N3O3. The van der Waals surface area contributed by atoms with Crippen LogP contribution in [-0.2, 0) is 17.8 Å². The largest absolute Gasteiger partial charge is 0.484 e. The van der Waals surface area contributed by atoms with Gasteiger partial charge in [0, 0.05) is 24.8 Å². The first-order valence-corrected chi connectivity index (χ1v) is 7.19. The Balaban J connectivity index is 1.74. The molecule has 0 spiro atoms. The zero-order valence-electron chi connectivity index (χ0n) is 12.5. The molecule has 0 bridgehead atoms. The number of aromatic nitrogens is 2. The summed E-state index contributed by atoms with van der Waals surface area (Å²) in [5.74, 6) is 0.420. The van der Waals surface area contributed by atoms with Crippen LogP contribution in [0.5, 0.6) is 5.75 Å². The van der Waals surface area contributed by atoms with Gasteiger partial charge in [-0.25, -0.2) is 4.98 Å². The van der Waals surface area contributed by atoms with Crippen molar-refractivity contribution < 1.29 is 9.53 Å². The van der Waals surface area contributed by atoms with Crippen molar-refractivity contribution >= 4 is 5.91 Å². The quantitative estimate of drug-likeness (QED) is 0.828. The van der Waals surface area contributed by atoms with E-state index in [9.17, 15) is 9.59 Å². The second-order valence-corrected chi connectivity index (χ2v) is 4.72. The third kappa shape index (κ3) is 4.73. The molecule has 0 saturated heterocycles. The van der Waals surface area contributed by atoms with Gasteiger partial charge in [0.1, 0.15) is 5.75 Å². The predicted octanol–water partition coefficient (Wildman–Crippen LogP) is 1.00. The van der Waals surface area contributed by atoms with E-state index in [0.717, 1.165) is 12.1 Å². The van der Waals surface area contributed by atoms with Crippen LogP contribution in [0.3, 0.4) is 0 Å². The lowest BCUT2D eigenvalue weighted by Crippen LogP contribution is -2.33. The number of benzene rings is 1. The molecule has 0 unspecified atom stereocenters. The number of hydrogen-bond donors (Lipinski definition) is 1. The number of hydrogen-bond acceptors (Lipinski definition) is 4. The van der Waals surface area contributed by atoms with Gasteiger partial charge in [-0.3, -0.25) is 14.2 Å². The molecule has 1 amide bonds. The van der Waals surface area contributed by atoms with Gasteiger partial charge in [-0.2, -0.15) is 0 Å². The maximum absolute atomic E-state index is 11.8. The lowest BCUT2D eigenvalue weighted by Gasteiger charge is -2.09. The minimum atomic E-state index is -0.227. The minimum Gasteiger partial charge on any atom is -0.484 e. The van der Waals surface area contributed by atoms with Crippen LogP contribution in [0.4, 0.5) is 0 Å². The number of nitrogens with zero attached hydrogens (tertiary/aromatic N) is 2. The Labute approximate surface area is 128 Å². The Hall–Kier alpha value is -2.63. The molecule has 2 rings (SSSR count). The molecule has 0 atom stereocenters. The van der Waals surface area contributed by atoms with E-state index in [1.165, 1.54) is 17.0 Å². The number of para-hydroxylation sites is 1.